The molecule has 0 unspecified atom stereocenters. The summed E-state index contributed by atoms with van der Waals surface area (Å²) in [4.78, 5) is 0. The summed E-state index contributed by atoms with van der Waals surface area (Å²) in [7, 11) is 1.57. The van der Waals surface area contributed by atoms with E-state index < -0.39 is 0 Å². The van der Waals surface area contributed by atoms with E-state index >= 15 is 0 Å². The van der Waals surface area contributed by atoms with Crippen molar-refractivity contribution >= 4 is 0 Å². The van der Waals surface area contributed by atoms with Crippen LogP contribution in [0.15, 0.2) is 24.3 Å². The van der Waals surface area contributed by atoms with Gasteiger partial charge in [-0.15, -0.1) is 0 Å². The minimum absolute atomic E-state index is 0.282. The molecule has 0 saturated heterocycles. The van der Waals surface area contributed by atoms with Crippen molar-refractivity contribution in [3.8, 4) is 11.6 Å². The number of aryl methyl sites for hydroxylation is 1. The lowest BCUT2D eigenvalue weighted by atomic mass is 10.2. The molecule has 4 nitrogen and oxygen atoms in total. The van der Waals surface area contributed by atoms with E-state index in [1.165, 1.54) is 12.1 Å². The van der Waals surface area contributed by atoms with Crippen LogP contribution in [0.4, 0.5) is 4.39 Å². The molecule has 1 aromatic carbocycles. The van der Waals surface area contributed by atoms with Gasteiger partial charge in [-0.3, -0.25) is 0 Å². The van der Waals surface area contributed by atoms with Gasteiger partial charge in [0.1, 0.15) is 5.82 Å². The van der Waals surface area contributed by atoms with Crippen LogP contribution in [0.5, 0.6) is 5.88 Å². The van der Waals surface area contributed by atoms with Gasteiger partial charge in [-0.2, -0.15) is 5.10 Å². The Morgan fingerprint density at radius 3 is 2.53 bits per heavy atom. The Balaban J connectivity index is 2.55. The number of aromatic nitrogens is 2. The first-order valence-electron chi connectivity index (χ1n) is 5.26. The monoisotopic (exact) mass is 235 g/mol. The van der Waals surface area contributed by atoms with Crippen molar-refractivity contribution in [2.45, 2.75) is 13.5 Å². The zero-order valence-corrected chi connectivity index (χ0v) is 9.77. The largest absolute Gasteiger partial charge is 0.481 e. The van der Waals surface area contributed by atoms with Gasteiger partial charge in [0.05, 0.1) is 24.1 Å². The highest BCUT2D eigenvalue weighted by Crippen LogP contribution is 2.25. The molecule has 2 N–H and O–H groups in total. The number of hydrogen-bond acceptors (Lipinski definition) is 3. The zero-order valence-electron chi connectivity index (χ0n) is 9.77. The van der Waals surface area contributed by atoms with E-state index in [9.17, 15) is 4.39 Å². The van der Waals surface area contributed by atoms with E-state index in [2.05, 4.69) is 5.10 Å². The fourth-order valence-corrected chi connectivity index (χ4v) is 1.74. The topological polar surface area (TPSA) is 53.1 Å². The molecule has 0 fully saturated rings. The lowest BCUT2D eigenvalue weighted by molar-refractivity contribution is 0.379. The van der Waals surface area contributed by atoms with Crippen molar-refractivity contribution < 1.29 is 9.13 Å². The summed E-state index contributed by atoms with van der Waals surface area (Å²) in [5.74, 6) is 0.312. The van der Waals surface area contributed by atoms with Gasteiger partial charge >= 0.3 is 0 Å². The molecule has 90 valence electrons. The fraction of sp³-hybridized carbons (Fsp3) is 0.250. The zero-order chi connectivity index (χ0) is 12.4. The van der Waals surface area contributed by atoms with Crippen molar-refractivity contribution in [3.05, 3.63) is 41.3 Å². The van der Waals surface area contributed by atoms with Crippen LogP contribution in [0, 0.1) is 12.7 Å². The summed E-state index contributed by atoms with van der Waals surface area (Å²) in [6.45, 7) is 2.22. The summed E-state index contributed by atoms with van der Waals surface area (Å²) < 4.78 is 19.8. The lowest BCUT2D eigenvalue weighted by Crippen LogP contribution is -2.03. The van der Waals surface area contributed by atoms with E-state index in [0.717, 1.165) is 16.9 Å². The number of benzene rings is 1. The van der Waals surface area contributed by atoms with Crippen molar-refractivity contribution in [3.63, 3.8) is 0 Å². The molecule has 0 bridgehead atoms. The van der Waals surface area contributed by atoms with Crippen LogP contribution >= 0.6 is 0 Å². The Kier molecular flexibility index (Phi) is 3.10. The molecule has 0 radical (unpaired) electrons. The maximum absolute atomic E-state index is 12.9. The van der Waals surface area contributed by atoms with Gasteiger partial charge in [0.25, 0.3) is 0 Å². The van der Waals surface area contributed by atoms with E-state index in [0.29, 0.717) is 12.4 Å². The SMILES string of the molecule is COc1c(CN)c(C)nn1-c1ccc(F)cc1. The highest BCUT2D eigenvalue weighted by Gasteiger charge is 2.15. The highest BCUT2D eigenvalue weighted by molar-refractivity contribution is 5.41. The van der Waals surface area contributed by atoms with Crippen molar-refractivity contribution in [1.29, 1.82) is 0 Å². The molecule has 17 heavy (non-hydrogen) atoms. The number of halogens is 1. The van der Waals surface area contributed by atoms with E-state index in [4.69, 9.17) is 10.5 Å². The summed E-state index contributed by atoms with van der Waals surface area (Å²) in [5.41, 5.74) is 8.06. The normalized spacial score (nSPS) is 10.6. The first-order chi connectivity index (χ1) is 8.17. The number of ether oxygens (including phenoxy) is 1. The Hall–Kier alpha value is -1.88. The molecule has 2 rings (SSSR count). The number of methoxy groups -OCH3 is 1. The number of hydrogen-bond donors (Lipinski definition) is 1. The van der Waals surface area contributed by atoms with Crippen LogP contribution in [0.3, 0.4) is 0 Å². The Bertz CT molecular complexity index is 519. The molecule has 0 saturated carbocycles. The van der Waals surface area contributed by atoms with Crippen LogP contribution in [0.25, 0.3) is 5.69 Å². The van der Waals surface area contributed by atoms with Crippen LogP contribution < -0.4 is 10.5 Å². The number of nitrogens with zero attached hydrogens (tertiary/aromatic N) is 2. The van der Waals surface area contributed by atoms with Crippen LogP contribution in [0.2, 0.25) is 0 Å². The molecule has 5 heteroatoms. The van der Waals surface area contributed by atoms with E-state index in [-0.39, 0.29) is 5.82 Å². The second-order valence-electron chi connectivity index (χ2n) is 3.67. The summed E-state index contributed by atoms with van der Waals surface area (Å²) in [6.07, 6.45) is 0. The van der Waals surface area contributed by atoms with Gasteiger partial charge in [-0.05, 0) is 31.2 Å². The molecule has 0 aliphatic rings. The van der Waals surface area contributed by atoms with E-state index in [1.54, 1.807) is 23.9 Å². The van der Waals surface area contributed by atoms with Gasteiger partial charge < -0.3 is 10.5 Å². The molecular formula is C12H14FN3O. The third kappa shape index (κ3) is 2.01. The molecule has 0 atom stereocenters. The summed E-state index contributed by atoms with van der Waals surface area (Å²) in [5, 5.41) is 4.34. The average molecular weight is 235 g/mol. The van der Waals surface area contributed by atoms with Gasteiger partial charge in [0, 0.05) is 6.54 Å². The standard InChI is InChI=1S/C12H14FN3O/c1-8-11(7-14)12(17-2)16(15-8)10-5-3-9(13)4-6-10/h3-6H,7,14H2,1-2H3. The van der Waals surface area contributed by atoms with Crippen LogP contribution in [-0.2, 0) is 6.54 Å². The van der Waals surface area contributed by atoms with Crippen molar-refractivity contribution in [2.24, 2.45) is 5.73 Å². The summed E-state index contributed by atoms with van der Waals surface area (Å²) in [6, 6.07) is 6.05. The van der Waals surface area contributed by atoms with Gasteiger partial charge in [-0.1, -0.05) is 0 Å². The maximum Gasteiger partial charge on any atom is 0.221 e. The minimum atomic E-state index is -0.282. The third-order valence-electron chi connectivity index (χ3n) is 2.61. The molecule has 1 heterocycles. The van der Waals surface area contributed by atoms with Gasteiger partial charge in [0.2, 0.25) is 5.88 Å². The summed E-state index contributed by atoms with van der Waals surface area (Å²) >= 11 is 0. The Morgan fingerprint density at radius 1 is 1.35 bits per heavy atom. The smallest absolute Gasteiger partial charge is 0.221 e. The number of rotatable bonds is 3. The number of nitrogens with two attached hydrogens (primary N) is 1. The highest BCUT2D eigenvalue weighted by atomic mass is 19.1. The third-order valence-corrected chi connectivity index (χ3v) is 2.61. The molecule has 0 spiro atoms. The molecular weight excluding hydrogens is 221 g/mol. The predicted octanol–water partition coefficient (Wildman–Crippen LogP) is 1.79. The van der Waals surface area contributed by atoms with Crippen molar-refractivity contribution in [1.82, 2.24) is 9.78 Å². The quantitative estimate of drug-likeness (QED) is 0.882. The Labute approximate surface area is 98.8 Å². The minimum Gasteiger partial charge on any atom is -0.481 e. The van der Waals surface area contributed by atoms with Gasteiger partial charge in [-0.25, -0.2) is 9.07 Å². The predicted molar refractivity (Wildman–Crippen MR) is 62.7 cm³/mol. The first kappa shape index (κ1) is 11.6. The van der Waals surface area contributed by atoms with Crippen LogP contribution in [0.1, 0.15) is 11.3 Å². The fourth-order valence-electron chi connectivity index (χ4n) is 1.74. The van der Waals surface area contributed by atoms with E-state index in [1.807, 2.05) is 6.92 Å². The van der Waals surface area contributed by atoms with Crippen LogP contribution in [-0.4, -0.2) is 16.9 Å². The maximum atomic E-state index is 12.9. The second-order valence-corrected chi connectivity index (χ2v) is 3.67. The lowest BCUT2D eigenvalue weighted by Gasteiger charge is -2.07. The molecule has 2 aromatic rings. The molecule has 0 aliphatic heterocycles. The first-order valence-corrected chi connectivity index (χ1v) is 5.26. The van der Waals surface area contributed by atoms with Gasteiger partial charge in [0.15, 0.2) is 0 Å². The Morgan fingerprint density at radius 2 is 2.00 bits per heavy atom. The second kappa shape index (κ2) is 4.55. The molecule has 1 aromatic heterocycles. The molecule has 0 amide bonds. The molecule has 0 aliphatic carbocycles. The average Bonchev–Trinajstić information content (AvgIpc) is 2.66. The van der Waals surface area contributed by atoms with Crippen molar-refractivity contribution in [2.75, 3.05) is 7.11 Å².